The number of hydrogen-bond acceptors (Lipinski definition) is 4. The number of benzene rings is 3. The van der Waals surface area contributed by atoms with Crippen LogP contribution in [0.5, 0.6) is 11.5 Å². The molecule has 0 aliphatic carbocycles. The van der Waals surface area contributed by atoms with Gasteiger partial charge in [0, 0.05) is 5.56 Å². The largest absolute Gasteiger partial charge is 0.493 e. The van der Waals surface area contributed by atoms with Gasteiger partial charge < -0.3 is 13.9 Å². The lowest BCUT2D eigenvalue weighted by atomic mass is 10.0. The Labute approximate surface area is 144 Å². The maximum absolute atomic E-state index is 13.3. The van der Waals surface area contributed by atoms with Crippen LogP contribution in [0.3, 0.4) is 0 Å². The van der Waals surface area contributed by atoms with Crippen LogP contribution in [0.25, 0.3) is 32.9 Å². The maximum Gasteiger partial charge on any atom is 0.201 e. The van der Waals surface area contributed by atoms with E-state index in [0.717, 1.165) is 10.8 Å². The molecule has 0 saturated carbocycles. The minimum absolute atomic E-state index is 0.0930. The summed E-state index contributed by atoms with van der Waals surface area (Å²) in [6.07, 6.45) is 1.48. The zero-order valence-corrected chi connectivity index (χ0v) is 13.9. The van der Waals surface area contributed by atoms with Gasteiger partial charge in [-0.2, -0.15) is 0 Å². The molecule has 0 aliphatic heterocycles. The summed E-state index contributed by atoms with van der Waals surface area (Å²) in [6.45, 7) is 0. The first-order valence-electron chi connectivity index (χ1n) is 7.89. The monoisotopic (exact) mass is 332 g/mol. The highest BCUT2D eigenvalue weighted by atomic mass is 16.5. The van der Waals surface area contributed by atoms with Gasteiger partial charge in [0.25, 0.3) is 0 Å². The van der Waals surface area contributed by atoms with Gasteiger partial charge in [0.05, 0.1) is 25.2 Å². The van der Waals surface area contributed by atoms with E-state index in [-0.39, 0.29) is 5.43 Å². The van der Waals surface area contributed by atoms with E-state index in [1.807, 2.05) is 48.5 Å². The van der Waals surface area contributed by atoms with E-state index in [1.165, 1.54) is 6.26 Å². The molecule has 0 radical (unpaired) electrons. The summed E-state index contributed by atoms with van der Waals surface area (Å²) in [5.74, 6) is 1.08. The number of rotatable bonds is 3. The highest BCUT2D eigenvalue weighted by molar-refractivity contribution is 6.06. The summed E-state index contributed by atoms with van der Waals surface area (Å²) in [5, 5.41) is 2.44. The third kappa shape index (κ3) is 2.34. The Morgan fingerprint density at radius 2 is 1.68 bits per heavy atom. The molecule has 0 spiro atoms. The van der Waals surface area contributed by atoms with Gasteiger partial charge in [-0.1, -0.05) is 42.5 Å². The van der Waals surface area contributed by atoms with Gasteiger partial charge in [-0.05, 0) is 22.9 Å². The summed E-state index contributed by atoms with van der Waals surface area (Å²) in [7, 11) is 3.12. The molecule has 4 rings (SSSR count). The molecule has 0 aliphatic rings. The fourth-order valence-electron chi connectivity index (χ4n) is 3.18. The molecule has 4 nitrogen and oxygen atoms in total. The highest BCUT2D eigenvalue weighted by Gasteiger charge is 2.17. The fourth-order valence-corrected chi connectivity index (χ4v) is 3.18. The number of para-hydroxylation sites is 1. The van der Waals surface area contributed by atoms with Crippen LogP contribution >= 0.6 is 0 Å². The van der Waals surface area contributed by atoms with Gasteiger partial charge in [0.2, 0.25) is 5.43 Å². The summed E-state index contributed by atoms with van der Waals surface area (Å²) in [4.78, 5) is 13.3. The lowest BCUT2D eigenvalue weighted by Crippen LogP contribution is -2.06. The van der Waals surface area contributed by atoms with Gasteiger partial charge in [0.1, 0.15) is 11.8 Å². The van der Waals surface area contributed by atoms with Crippen molar-refractivity contribution in [3.05, 3.63) is 71.1 Å². The van der Waals surface area contributed by atoms with Crippen LogP contribution in [0.4, 0.5) is 0 Å². The Morgan fingerprint density at radius 1 is 0.840 bits per heavy atom. The zero-order chi connectivity index (χ0) is 17.4. The molecule has 4 heteroatoms. The molecule has 0 amide bonds. The van der Waals surface area contributed by atoms with E-state index < -0.39 is 0 Å². The predicted molar refractivity (Wildman–Crippen MR) is 98.5 cm³/mol. The fraction of sp³-hybridized carbons (Fsp3) is 0.0952. The zero-order valence-electron chi connectivity index (χ0n) is 13.9. The normalized spacial score (nSPS) is 11.0. The molecule has 0 N–H and O–H groups in total. The van der Waals surface area contributed by atoms with Crippen LogP contribution in [-0.4, -0.2) is 14.2 Å². The first-order chi connectivity index (χ1) is 12.2. The molecule has 3 aromatic carbocycles. The summed E-state index contributed by atoms with van der Waals surface area (Å²) >= 11 is 0. The van der Waals surface area contributed by atoms with Crippen molar-refractivity contribution in [3.8, 4) is 22.6 Å². The van der Waals surface area contributed by atoms with Crippen LogP contribution in [-0.2, 0) is 0 Å². The second-order valence-corrected chi connectivity index (χ2v) is 5.68. The van der Waals surface area contributed by atoms with Gasteiger partial charge >= 0.3 is 0 Å². The third-order valence-corrected chi connectivity index (χ3v) is 4.36. The molecule has 1 aromatic heterocycles. The van der Waals surface area contributed by atoms with Crippen molar-refractivity contribution in [1.29, 1.82) is 0 Å². The van der Waals surface area contributed by atoms with Crippen LogP contribution in [0.15, 0.2) is 70.1 Å². The Balaban J connectivity index is 2.10. The molecule has 0 fully saturated rings. The second kappa shape index (κ2) is 5.98. The van der Waals surface area contributed by atoms with E-state index >= 15 is 0 Å². The number of hydrogen-bond donors (Lipinski definition) is 0. The van der Waals surface area contributed by atoms with Crippen molar-refractivity contribution < 1.29 is 13.9 Å². The highest BCUT2D eigenvalue weighted by Crippen LogP contribution is 2.37. The first kappa shape index (κ1) is 15.3. The van der Waals surface area contributed by atoms with E-state index in [1.54, 1.807) is 20.3 Å². The van der Waals surface area contributed by atoms with E-state index in [2.05, 4.69) is 0 Å². The topological polar surface area (TPSA) is 48.7 Å². The summed E-state index contributed by atoms with van der Waals surface area (Å²) in [5.41, 5.74) is 1.56. The van der Waals surface area contributed by atoms with Crippen LogP contribution in [0.2, 0.25) is 0 Å². The number of fused-ring (bicyclic) bond motifs is 3. The average molecular weight is 332 g/mol. The minimum Gasteiger partial charge on any atom is -0.493 e. The average Bonchev–Trinajstić information content (AvgIpc) is 2.67. The molecule has 0 unspecified atom stereocenters. The minimum atomic E-state index is -0.0930. The van der Waals surface area contributed by atoms with Crippen molar-refractivity contribution in [2.24, 2.45) is 0 Å². The Morgan fingerprint density at radius 3 is 2.48 bits per heavy atom. The van der Waals surface area contributed by atoms with Crippen molar-refractivity contribution in [1.82, 2.24) is 0 Å². The SMILES string of the molecule is COc1cccc(-c2coc3ccc4ccccc4c3c2=O)c1OC. The van der Waals surface area contributed by atoms with Crippen molar-refractivity contribution >= 4 is 21.7 Å². The van der Waals surface area contributed by atoms with Gasteiger partial charge in [-0.15, -0.1) is 0 Å². The quantitative estimate of drug-likeness (QED) is 0.513. The lowest BCUT2D eigenvalue weighted by Gasteiger charge is -2.12. The van der Waals surface area contributed by atoms with Crippen LogP contribution < -0.4 is 14.9 Å². The second-order valence-electron chi connectivity index (χ2n) is 5.68. The van der Waals surface area contributed by atoms with Gasteiger partial charge in [-0.25, -0.2) is 0 Å². The van der Waals surface area contributed by atoms with Crippen LogP contribution in [0.1, 0.15) is 0 Å². The maximum atomic E-state index is 13.3. The predicted octanol–water partition coefficient (Wildman–Crippen LogP) is 4.63. The molecule has 124 valence electrons. The van der Waals surface area contributed by atoms with E-state index in [4.69, 9.17) is 13.9 Å². The Hall–Kier alpha value is -3.27. The standard InChI is InChI=1S/C21H16O4/c1-23-18-9-5-8-15(21(18)24-2)16-12-25-17-11-10-13-6-3-4-7-14(13)19(17)20(16)22/h3-12H,1-2H3. The molecular weight excluding hydrogens is 316 g/mol. The molecule has 0 saturated heterocycles. The van der Waals surface area contributed by atoms with E-state index in [0.29, 0.717) is 33.6 Å². The lowest BCUT2D eigenvalue weighted by molar-refractivity contribution is 0.356. The van der Waals surface area contributed by atoms with Crippen molar-refractivity contribution in [2.45, 2.75) is 0 Å². The van der Waals surface area contributed by atoms with Crippen molar-refractivity contribution in [3.63, 3.8) is 0 Å². The molecule has 25 heavy (non-hydrogen) atoms. The molecular formula is C21H16O4. The summed E-state index contributed by atoms with van der Waals surface area (Å²) in [6, 6.07) is 17.0. The molecule has 4 aromatic rings. The van der Waals surface area contributed by atoms with Gasteiger partial charge in [0.15, 0.2) is 11.5 Å². The third-order valence-electron chi connectivity index (χ3n) is 4.36. The smallest absolute Gasteiger partial charge is 0.201 e. The van der Waals surface area contributed by atoms with Crippen LogP contribution in [0, 0.1) is 0 Å². The van der Waals surface area contributed by atoms with Gasteiger partial charge in [-0.3, -0.25) is 4.79 Å². The first-order valence-corrected chi connectivity index (χ1v) is 7.89. The van der Waals surface area contributed by atoms with E-state index in [9.17, 15) is 4.79 Å². The van der Waals surface area contributed by atoms with Crippen molar-refractivity contribution in [2.75, 3.05) is 14.2 Å². The summed E-state index contributed by atoms with van der Waals surface area (Å²) < 4.78 is 16.6. The number of methoxy groups -OCH3 is 2. The number of ether oxygens (including phenoxy) is 2. The Bertz CT molecular complexity index is 1140. The molecule has 1 heterocycles. The molecule has 0 bridgehead atoms. The Kier molecular flexibility index (Phi) is 3.65. The molecule has 0 atom stereocenters.